The Kier molecular flexibility index (Phi) is 6.94. The molecule has 156 valence electrons. The largest absolute Gasteiger partial charge is 0.349 e. The van der Waals surface area contributed by atoms with Gasteiger partial charge in [0, 0.05) is 42.1 Å². The van der Waals surface area contributed by atoms with E-state index in [4.69, 9.17) is 11.6 Å². The lowest BCUT2D eigenvalue weighted by molar-refractivity contribution is -0.132. The van der Waals surface area contributed by atoms with Crippen LogP contribution < -0.4 is 5.32 Å². The van der Waals surface area contributed by atoms with Gasteiger partial charge in [0.1, 0.15) is 0 Å². The number of rotatable bonds is 6. The molecule has 0 unspecified atom stereocenters. The van der Waals surface area contributed by atoms with Crippen molar-refractivity contribution in [3.8, 4) is 0 Å². The number of carbonyl (C=O) groups is 2. The Hall–Kier alpha value is -1.94. The molecular weight excluding hydrogens is 434 g/mol. The van der Waals surface area contributed by atoms with Crippen LogP contribution in [-0.2, 0) is 14.8 Å². The number of likely N-dealkylation sites (tertiary alicyclic amines) is 1. The second kappa shape index (κ2) is 9.25. The van der Waals surface area contributed by atoms with Gasteiger partial charge in [-0.25, -0.2) is 8.42 Å². The minimum Gasteiger partial charge on any atom is -0.349 e. The number of nitrogens with zero attached hydrogens (tertiary/aromatic N) is 2. The van der Waals surface area contributed by atoms with E-state index in [0.717, 1.165) is 4.31 Å². The van der Waals surface area contributed by atoms with E-state index in [2.05, 4.69) is 5.32 Å². The number of benzene rings is 1. The lowest BCUT2D eigenvalue weighted by Gasteiger charge is -2.33. The fourth-order valence-corrected chi connectivity index (χ4v) is 4.98. The Labute approximate surface area is 179 Å². The quantitative estimate of drug-likeness (QED) is 0.724. The van der Waals surface area contributed by atoms with Crippen molar-refractivity contribution in [3.63, 3.8) is 0 Å². The van der Waals surface area contributed by atoms with E-state index in [1.807, 2.05) is 5.38 Å². The van der Waals surface area contributed by atoms with Gasteiger partial charge in [-0.1, -0.05) is 11.6 Å². The first-order chi connectivity index (χ1) is 13.8. The number of carbonyl (C=O) groups excluding carboxylic acids is 2. The molecule has 1 aromatic heterocycles. The molecule has 2 heterocycles. The van der Waals surface area contributed by atoms with Crippen LogP contribution in [0.4, 0.5) is 0 Å². The number of amides is 2. The van der Waals surface area contributed by atoms with Crippen LogP contribution in [0.1, 0.15) is 23.2 Å². The maximum atomic E-state index is 12.6. The van der Waals surface area contributed by atoms with Gasteiger partial charge in [0.15, 0.2) is 0 Å². The zero-order chi connectivity index (χ0) is 21.0. The molecule has 2 amide bonds. The first-order valence-corrected chi connectivity index (χ1v) is 11.9. The lowest BCUT2D eigenvalue weighted by Crippen LogP contribution is -2.49. The molecule has 2 aromatic rings. The van der Waals surface area contributed by atoms with Crippen LogP contribution in [-0.4, -0.2) is 62.2 Å². The molecule has 0 radical (unpaired) electrons. The summed E-state index contributed by atoms with van der Waals surface area (Å²) in [6, 6.07) is 7.61. The smallest absolute Gasteiger partial charge is 0.252 e. The third kappa shape index (κ3) is 5.36. The summed E-state index contributed by atoms with van der Waals surface area (Å²) >= 11 is 7.27. The molecule has 1 saturated heterocycles. The van der Waals surface area contributed by atoms with Crippen LogP contribution in [0.25, 0.3) is 0 Å². The zero-order valence-corrected chi connectivity index (χ0v) is 18.3. The third-order valence-electron chi connectivity index (χ3n) is 4.85. The summed E-state index contributed by atoms with van der Waals surface area (Å²) in [5.74, 6) is -0.363. The number of sulfonamides is 1. The summed E-state index contributed by atoms with van der Waals surface area (Å²) in [5.41, 5.74) is 0.641. The molecule has 7 nitrogen and oxygen atoms in total. The van der Waals surface area contributed by atoms with Gasteiger partial charge in [-0.15, -0.1) is 0 Å². The Balaban J connectivity index is 1.51. The van der Waals surface area contributed by atoms with Gasteiger partial charge in [0.25, 0.3) is 5.91 Å². The highest BCUT2D eigenvalue weighted by Gasteiger charge is 2.28. The molecule has 1 aliphatic heterocycles. The number of hydrogen-bond acceptors (Lipinski definition) is 5. The first-order valence-electron chi connectivity index (χ1n) is 9.10. The minimum absolute atomic E-state index is 0.00183. The van der Waals surface area contributed by atoms with Crippen LogP contribution >= 0.6 is 22.9 Å². The maximum Gasteiger partial charge on any atom is 0.252 e. The van der Waals surface area contributed by atoms with Gasteiger partial charge in [-0.2, -0.15) is 15.6 Å². The van der Waals surface area contributed by atoms with E-state index in [-0.39, 0.29) is 29.3 Å². The van der Waals surface area contributed by atoms with Crippen molar-refractivity contribution < 1.29 is 18.0 Å². The molecule has 0 atom stereocenters. The van der Waals surface area contributed by atoms with Crippen molar-refractivity contribution in [2.75, 3.05) is 26.7 Å². The molecule has 1 fully saturated rings. The van der Waals surface area contributed by atoms with Gasteiger partial charge in [0.05, 0.1) is 11.4 Å². The average molecular weight is 456 g/mol. The Morgan fingerprint density at radius 3 is 2.45 bits per heavy atom. The fraction of sp³-hybridized carbons (Fsp3) is 0.368. The van der Waals surface area contributed by atoms with Gasteiger partial charge >= 0.3 is 0 Å². The molecular formula is C19H22ClN3O4S2. The predicted octanol–water partition coefficient (Wildman–Crippen LogP) is 2.44. The molecule has 0 spiro atoms. The topological polar surface area (TPSA) is 86.8 Å². The van der Waals surface area contributed by atoms with Gasteiger partial charge < -0.3 is 10.2 Å². The van der Waals surface area contributed by atoms with Crippen LogP contribution in [0.2, 0.25) is 5.02 Å². The first kappa shape index (κ1) is 21.8. The van der Waals surface area contributed by atoms with Crippen LogP contribution in [0.3, 0.4) is 0 Å². The fourth-order valence-electron chi connectivity index (χ4n) is 3.10. The van der Waals surface area contributed by atoms with Gasteiger partial charge in [0.2, 0.25) is 15.9 Å². The maximum absolute atomic E-state index is 12.6. The highest BCUT2D eigenvalue weighted by atomic mass is 35.5. The number of nitrogens with one attached hydrogen (secondary N) is 1. The molecule has 0 saturated carbocycles. The molecule has 29 heavy (non-hydrogen) atoms. The van der Waals surface area contributed by atoms with Gasteiger partial charge in [-0.05, 0) is 48.6 Å². The number of hydrogen-bond donors (Lipinski definition) is 1. The van der Waals surface area contributed by atoms with Crippen molar-refractivity contribution in [2.45, 2.75) is 23.8 Å². The summed E-state index contributed by atoms with van der Waals surface area (Å²) in [5, 5.41) is 7.07. The normalized spacial score (nSPS) is 15.5. The highest BCUT2D eigenvalue weighted by molar-refractivity contribution is 7.89. The monoisotopic (exact) mass is 455 g/mol. The van der Waals surface area contributed by atoms with E-state index in [1.165, 1.54) is 42.6 Å². The third-order valence-corrected chi connectivity index (χ3v) is 7.60. The summed E-state index contributed by atoms with van der Waals surface area (Å²) < 4.78 is 26.3. The number of piperidine rings is 1. The summed E-state index contributed by atoms with van der Waals surface area (Å²) in [7, 11) is -2.39. The van der Waals surface area contributed by atoms with E-state index in [0.29, 0.717) is 36.5 Å². The molecule has 1 aliphatic rings. The van der Waals surface area contributed by atoms with Crippen molar-refractivity contribution in [2.24, 2.45) is 0 Å². The van der Waals surface area contributed by atoms with Crippen LogP contribution in [0.15, 0.2) is 46.0 Å². The van der Waals surface area contributed by atoms with Crippen molar-refractivity contribution in [1.29, 1.82) is 0 Å². The average Bonchev–Trinajstić information content (AvgIpc) is 3.24. The Morgan fingerprint density at radius 1 is 1.21 bits per heavy atom. The van der Waals surface area contributed by atoms with Crippen molar-refractivity contribution in [3.05, 3.63) is 51.7 Å². The second-order valence-corrected chi connectivity index (χ2v) is 10.1. The lowest BCUT2D eigenvalue weighted by atomic mass is 10.0. The molecule has 3 rings (SSSR count). The number of likely N-dealkylation sites (N-methyl/N-ethyl adjacent to an activating group) is 1. The van der Waals surface area contributed by atoms with E-state index in [1.54, 1.807) is 16.3 Å². The van der Waals surface area contributed by atoms with E-state index < -0.39 is 10.0 Å². The Bertz CT molecular complexity index is 954. The molecule has 0 bridgehead atoms. The SMILES string of the molecule is CN(CC(=O)N1CCC(NC(=O)c2ccsc2)CC1)S(=O)(=O)c1ccc(Cl)cc1. The van der Waals surface area contributed by atoms with Crippen LogP contribution in [0, 0.1) is 0 Å². The molecule has 0 aliphatic carbocycles. The van der Waals surface area contributed by atoms with Crippen molar-refractivity contribution in [1.82, 2.24) is 14.5 Å². The van der Waals surface area contributed by atoms with E-state index >= 15 is 0 Å². The standard InChI is InChI=1S/C19H22ClN3O4S2/c1-22(29(26,27)17-4-2-15(20)3-5-17)12-18(24)23-9-6-16(7-10-23)21-19(25)14-8-11-28-13-14/h2-5,8,11,13,16H,6-7,9-10,12H2,1H3,(H,21,25). The highest BCUT2D eigenvalue weighted by Crippen LogP contribution is 2.18. The minimum atomic E-state index is -3.77. The second-order valence-electron chi connectivity index (χ2n) is 6.86. The van der Waals surface area contributed by atoms with E-state index in [9.17, 15) is 18.0 Å². The molecule has 10 heteroatoms. The zero-order valence-electron chi connectivity index (χ0n) is 15.9. The number of thiophene rings is 1. The molecule has 1 N–H and O–H groups in total. The van der Waals surface area contributed by atoms with Crippen molar-refractivity contribution >= 4 is 44.8 Å². The number of halogens is 1. The predicted molar refractivity (Wildman–Crippen MR) is 113 cm³/mol. The summed E-state index contributed by atoms with van der Waals surface area (Å²) in [6.45, 7) is 0.710. The molecule has 1 aromatic carbocycles. The summed E-state index contributed by atoms with van der Waals surface area (Å²) in [4.78, 5) is 26.4. The summed E-state index contributed by atoms with van der Waals surface area (Å²) in [6.07, 6.45) is 1.27. The van der Waals surface area contributed by atoms with Crippen LogP contribution in [0.5, 0.6) is 0 Å². The Morgan fingerprint density at radius 2 is 1.86 bits per heavy atom. The van der Waals surface area contributed by atoms with Gasteiger partial charge in [-0.3, -0.25) is 9.59 Å².